The molecule has 39 heavy (non-hydrogen) atoms. The average molecular weight is 566 g/mol. The van der Waals surface area contributed by atoms with E-state index >= 15 is 0 Å². The Balaban J connectivity index is 1.47. The first-order chi connectivity index (χ1) is 18.9. The molecule has 0 aliphatic rings. The highest BCUT2D eigenvalue weighted by atomic mass is 35.5. The van der Waals surface area contributed by atoms with Crippen molar-refractivity contribution in [1.29, 1.82) is 0 Å². The Morgan fingerprint density at radius 3 is 2.46 bits per heavy atom. The number of hydrogen-bond donors (Lipinski definition) is 1. The fraction of sp³-hybridized carbons (Fsp3) is 0.133. The Labute approximate surface area is 234 Å². The van der Waals surface area contributed by atoms with Crippen LogP contribution >= 0.6 is 22.9 Å². The fourth-order valence-corrected chi connectivity index (χ4v) is 4.76. The van der Waals surface area contributed by atoms with E-state index in [9.17, 15) is 14.0 Å². The molecule has 0 aliphatic heterocycles. The molecule has 1 heterocycles. The van der Waals surface area contributed by atoms with Gasteiger partial charge in [0.15, 0.2) is 11.5 Å². The van der Waals surface area contributed by atoms with Gasteiger partial charge in [-0.05, 0) is 66.1 Å². The third kappa shape index (κ3) is 7.25. The number of thiophene rings is 1. The summed E-state index contributed by atoms with van der Waals surface area (Å²) in [6.45, 7) is 2.21. The smallest absolute Gasteiger partial charge is 0.341 e. The predicted molar refractivity (Wildman–Crippen MR) is 152 cm³/mol. The number of amides is 1. The van der Waals surface area contributed by atoms with Gasteiger partial charge in [-0.25, -0.2) is 9.18 Å². The van der Waals surface area contributed by atoms with Crippen LogP contribution in [0.4, 0.5) is 9.39 Å². The van der Waals surface area contributed by atoms with Crippen LogP contribution in [0.1, 0.15) is 28.4 Å². The molecule has 1 N–H and O–H groups in total. The monoisotopic (exact) mass is 565 g/mol. The van der Waals surface area contributed by atoms with E-state index in [1.807, 2.05) is 12.1 Å². The summed E-state index contributed by atoms with van der Waals surface area (Å²) in [6, 6.07) is 18.4. The van der Waals surface area contributed by atoms with Crippen LogP contribution in [0.25, 0.3) is 17.2 Å². The number of ether oxygens (including phenoxy) is 3. The molecule has 0 unspecified atom stereocenters. The van der Waals surface area contributed by atoms with Gasteiger partial charge < -0.3 is 19.5 Å². The summed E-state index contributed by atoms with van der Waals surface area (Å²) in [7, 11) is 1.54. The average Bonchev–Trinajstić information content (AvgIpc) is 3.35. The first-order valence-corrected chi connectivity index (χ1v) is 13.2. The number of anilines is 1. The first-order valence-electron chi connectivity index (χ1n) is 12.0. The number of methoxy groups -OCH3 is 1. The molecule has 9 heteroatoms. The molecule has 200 valence electrons. The van der Waals surface area contributed by atoms with E-state index in [2.05, 4.69) is 5.32 Å². The quantitative estimate of drug-likeness (QED) is 0.158. The van der Waals surface area contributed by atoms with Crippen LogP contribution in [0.5, 0.6) is 11.5 Å². The van der Waals surface area contributed by atoms with Gasteiger partial charge in [-0.15, -0.1) is 11.3 Å². The van der Waals surface area contributed by atoms with Crippen molar-refractivity contribution in [3.05, 3.63) is 106 Å². The van der Waals surface area contributed by atoms with Crippen LogP contribution in [0.2, 0.25) is 5.02 Å². The zero-order valence-electron chi connectivity index (χ0n) is 21.2. The van der Waals surface area contributed by atoms with Gasteiger partial charge in [0.25, 0.3) is 0 Å². The van der Waals surface area contributed by atoms with Crippen molar-refractivity contribution in [2.24, 2.45) is 0 Å². The van der Waals surface area contributed by atoms with Gasteiger partial charge in [0.05, 0.1) is 13.7 Å². The number of carbonyl (C=O) groups excluding carboxylic acids is 2. The minimum Gasteiger partial charge on any atom is -0.493 e. The van der Waals surface area contributed by atoms with E-state index in [-0.39, 0.29) is 18.0 Å². The maximum Gasteiger partial charge on any atom is 0.341 e. The molecular weight excluding hydrogens is 541 g/mol. The highest BCUT2D eigenvalue weighted by Crippen LogP contribution is 2.36. The maximum atomic E-state index is 13.4. The van der Waals surface area contributed by atoms with Crippen molar-refractivity contribution in [2.45, 2.75) is 13.5 Å². The number of halogens is 2. The molecule has 0 bridgehead atoms. The molecule has 0 aliphatic carbocycles. The molecule has 3 aromatic carbocycles. The summed E-state index contributed by atoms with van der Waals surface area (Å²) in [6.07, 6.45) is 2.98. The lowest BCUT2D eigenvalue weighted by Gasteiger charge is -2.11. The number of esters is 1. The summed E-state index contributed by atoms with van der Waals surface area (Å²) in [5.74, 6) is -0.326. The molecule has 6 nitrogen and oxygen atoms in total. The summed E-state index contributed by atoms with van der Waals surface area (Å²) < 4.78 is 29.9. The van der Waals surface area contributed by atoms with Crippen molar-refractivity contribution >= 4 is 45.9 Å². The zero-order valence-corrected chi connectivity index (χ0v) is 22.8. The lowest BCUT2D eigenvalue weighted by molar-refractivity contribution is -0.111. The van der Waals surface area contributed by atoms with Crippen LogP contribution in [0.15, 0.2) is 78.2 Å². The first kappa shape index (κ1) is 27.9. The van der Waals surface area contributed by atoms with E-state index < -0.39 is 11.9 Å². The van der Waals surface area contributed by atoms with E-state index in [1.54, 1.807) is 60.8 Å². The molecule has 0 atom stereocenters. The lowest BCUT2D eigenvalue weighted by atomic mass is 10.0. The number of carbonyl (C=O) groups is 2. The normalized spacial score (nSPS) is 10.9. The third-order valence-corrected chi connectivity index (χ3v) is 6.73. The minimum absolute atomic E-state index is 0.173. The zero-order chi connectivity index (χ0) is 27.8. The largest absolute Gasteiger partial charge is 0.493 e. The molecule has 0 spiro atoms. The number of benzene rings is 3. The van der Waals surface area contributed by atoms with Gasteiger partial charge >= 0.3 is 5.97 Å². The van der Waals surface area contributed by atoms with Crippen LogP contribution in [-0.2, 0) is 16.1 Å². The standard InChI is InChI=1S/C30H25ClFNO5S/c1-3-37-30(35)28-24(21-8-12-23(32)13-9-21)18-39-29(28)33-27(34)15-7-19-6-14-25(26(16-19)36-2)38-17-20-4-10-22(31)11-5-20/h4-16,18H,3,17H2,1-2H3,(H,33,34)/b15-7+. The van der Waals surface area contributed by atoms with Crippen LogP contribution in [0, 0.1) is 5.82 Å². The Bertz CT molecular complexity index is 1480. The number of nitrogens with one attached hydrogen (secondary N) is 1. The summed E-state index contributed by atoms with van der Waals surface area (Å²) in [5.41, 5.74) is 3.08. The lowest BCUT2D eigenvalue weighted by Crippen LogP contribution is -2.12. The Morgan fingerprint density at radius 2 is 1.77 bits per heavy atom. The van der Waals surface area contributed by atoms with Gasteiger partial charge in [0.1, 0.15) is 23.0 Å². The highest BCUT2D eigenvalue weighted by molar-refractivity contribution is 7.15. The van der Waals surface area contributed by atoms with Gasteiger partial charge in [0.2, 0.25) is 5.91 Å². The van der Waals surface area contributed by atoms with Crippen molar-refractivity contribution in [1.82, 2.24) is 0 Å². The Kier molecular flexibility index (Phi) is 9.35. The van der Waals surface area contributed by atoms with Crippen molar-refractivity contribution < 1.29 is 28.2 Å². The minimum atomic E-state index is -0.573. The molecule has 1 aromatic heterocycles. The number of rotatable bonds is 10. The van der Waals surface area contributed by atoms with E-state index in [1.165, 1.54) is 36.7 Å². The van der Waals surface area contributed by atoms with E-state index in [0.717, 1.165) is 5.56 Å². The summed E-state index contributed by atoms with van der Waals surface area (Å²) in [4.78, 5) is 25.5. The second-order valence-corrected chi connectivity index (χ2v) is 9.54. The Morgan fingerprint density at radius 1 is 1.03 bits per heavy atom. The number of hydrogen-bond acceptors (Lipinski definition) is 6. The van der Waals surface area contributed by atoms with Crippen molar-refractivity contribution in [2.75, 3.05) is 19.0 Å². The molecule has 0 fully saturated rings. The molecule has 1 amide bonds. The van der Waals surface area contributed by atoms with Crippen LogP contribution < -0.4 is 14.8 Å². The summed E-state index contributed by atoms with van der Waals surface area (Å²) in [5, 5.41) is 5.48. The second-order valence-electron chi connectivity index (χ2n) is 8.23. The van der Waals surface area contributed by atoms with Gasteiger partial charge in [-0.2, -0.15) is 0 Å². The molecule has 4 aromatic rings. The molecular formula is C30H25ClFNO5S. The van der Waals surface area contributed by atoms with Crippen molar-refractivity contribution in [3.63, 3.8) is 0 Å². The topological polar surface area (TPSA) is 73.9 Å². The maximum absolute atomic E-state index is 13.4. The molecule has 0 radical (unpaired) electrons. The van der Waals surface area contributed by atoms with Crippen molar-refractivity contribution in [3.8, 4) is 22.6 Å². The molecule has 0 saturated carbocycles. The van der Waals surface area contributed by atoms with Gasteiger partial charge in [0, 0.05) is 22.0 Å². The second kappa shape index (κ2) is 13.1. The fourth-order valence-electron chi connectivity index (χ4n) is 3.67. The van der Waals surface area contributed by atoms with E-state index in [0.29, 0.717) is 44.8 Å². The summed E-state index contributed by atoms with van der Waals surface area (Å²) >= 11 is 7.12. The predicted octanol–water partition coefficient (Wildman–Crippen LogP) is 7.62. The van der Waals surface area contributed by atoms with Crippen LogP contribution in [0.3, 0.4) is 0 Å². The van der Waals surface area contributed by atoms with Gasteiger partial charge in [-0.1, -0.05) is 41.9 Å². The molecule has 4 rings (SSSR count). The SMILES string of the molecule is CCOC(=O)c1c(-c2ccc(F)cc2)csc1NC(=O)/C=C/c1ccc(OCc2ccc(Cl)cc2)c(OC)c1. The van der Waals surface area contributed by atoms with Gasteiger partial charge in [-0.3, -0.25) is 4.79 Å². The highest BCUT2D eigenvalue weighted by Gasteiger charge is 2.22. The third-order valence-electron chi connectivity index (χ3n) is 5.58. The molecule has 0 saturated heterocycles. The van der Waals surface area contributed by atoms with E-state index in [4.69, 9.17) is 25.8 Å². The Hall–Kier alpha value is -4.14. The van der Waals surface area contributed by atoms with Crippen LogP contribution in [-0.4, -0.2) is 25.6 Å².